The summed E-state index contributed by atoms with van der Waals surface area (Å²) in [5, 5.41) is 2.94. The summed E-state index contributed by atoms with van der Waals surface area (Å²) < 4.78 is 10.4. The molecular weight excluding hydrogens is 244 g/mol. The molecule has 1 fully saturated rings. The Kier molecular flexibility index (Phi) is 3.78. The van der Waals surface area contributed by atoms with Crippen LogP contribution >= 0.6 is 0 Å². The van der Waals surface area contributed by atoms with Gasteiger partial charge < -0.3 is 20.5 Å². The molecule has 1 amide bonds. The molecule has 1 saturated heterocycles. The van der Waals surface area contributed by atoms with Gasteiger partial charge >= 0.3 is 0 Å². The van der Waals surface area contributed by atoms with Crippen LogP contribution in [0.5, 0.6) is 5.75 Å². The second kappa shape index (κ2) is 5.19. The Morgan fingerprint density at radius 2 is 2.11 bits per heavy atom. The van der Waals surface area contributed by atoms with Gasteiger partial charge in [-0.3, -0.25) is 4.79 Å². The first-order chi connectivity index (χ1) is 9.04. The number of nitrogens with one attached hydrogen (secondary N) is 1. The van der Waals surface area contributed by atoms with Crippen LogP contribution in [0.2, 0.25) is 0 Å². The zero-order chi connectivity index (χ0) is 14.0. The standard InChI is InChI=1S/C14H20N2O3/c1-9-10(2)12(18-3)5-4-11(9)16-13(17)14(6-15)7-19-8-14/h4-5H,6-8,15H2,1-3H3,(H,16,17). The van der Waals surface area contributed by atoms with Gasteiger partial charge in [0.1, 0.15) is 11.2 Å². The Labute approximate surface area is 113 Å². The van der Waals surface area contributed by atoms with Crippen LogP contribution in [0.25, 0.3) is 0 Å². The van der Waals surface area contributed by atoms with Crippen molar-refractivity contribution in [3.8, 4) is 5.75 Å². The quantitative estimate of drug-likeness (QED) is 0.857. The second-order valence-corrected chi connectivity index (χ2v) is 5.00. The van der Waals surface area contributed by atoms with Crippen molar-refractivity contribution in [3.05, 3.63) is 23.3 Å². The maximum absolute atomic E-state index is 12.3. The van der Waals surface area contributed by atoms with Crippen molar-refractivity contribution in [1.29, 1.82) is 0 Å². The van der Waals surface area contributed by atoms with Crippen LogP contribution in [-0.4, -0.2) is 32.8 Å². The summed E-state index contributed by atoms with van der Waals surface area (Å²) in [6, 6.07) is 3.70. The van der Waals surface area contributed by atoms with Crippen molar-refractivity contribution in [2.75, 3.05) is 32.2 Å². The summed E-state index contributed by atoms with van der Waals surface area (Å²) in [4.78, 5) is 12.3. The zero-order valence-electron chi connectivity index (χ0n) is 11.6. The second-order valence-electron chi connectivity index (χ2n) is 5.00. The molecule has 0 aromatic heterocycles. The molecule has 2 rings (SSSR count). The molecule has 0 saturated carbocycles. The first-order valence-electron chi connectivity index (χ1n) is 6.27. The predicted molar refractivity (Wildman–Crippen MR) is 73.4 cm³/mol. The Morgan fingerprint density at radius 1 is 1.42 bits per heavy atom. The molecule has 19 heavy (non-hydrogen) atoms. The van der Waals surface area contributed by atoms with E-state index >= 15 is 0 Å². The largest absolute Gasteiger partial charge is 0.496 e. The number of carbonyl (C=O) groups excluding carboxylic acids is 1. The van der Waals surface area contributed by atoms with Gasteiger partial charge in [-0.05, 0) is 37.1 Å². The van der Waals surface area contributed by atoms with E-state index in [0.29, 0.717) is 19.8 Å². The maximum Gasteiger partial charge on any atom is 0.236 e. The first-order valence-corrected chi connectivity index (χ1v) is 6.27. The molecule has 0 aliphatic carbocycles. The third-order valence-electron chi connectivity index (χ3n) is 3.83. The lowest BCUT2D eigenvalue weighted by Crippen LogP contribution is -2.56. The highest BCUT2D eigenvalue weighted by atomic mass is 16.5. The van der Waals surface area contributed by atoms with Crippen molar-refractivity contribution in [2.45, 2.75) is 13.8 Å². The van der Waals surface area contributed by atoms with Crippen LogP contribution in [0.4, 0.5) is 5.69 Å². The number of ether oxygens (including phenoxy) is 2. The van der Waals surface area contributed by atoms with Crippen LogP contribution in [0.15, 0.2) is 12.1 Å². The molecule has 1 aromatic rings. The Bertz CT molecular complexity index is 490. The monoisotopic (exact) mass is 264 g/mol. The van der Waals surface area contributed by atoms with E-state index in [2.05, 4.69) is 5.32 Å². The number of nitrogens with two attached hydrogens (primary N) is 1. The van der Waals surface area contributed by atoms with Gasteiger partial charge in [-0.25, -0.2) is 0 Å². The number of carbonyl (C=O) groups is 1. The highest BCUT2D eigenvalue weighted by Gasteiger charge is 2.44. The predicted octanol–water partition coefficient (Wildman–Crippen LogP) is 1.23. The van der Waals surface area contributed by atoms with Crippen molar-refractivity contribution >= 4 is 11.6 Å². The Morgan fingerprint density at radius 3 is 2.58 bits per heavy atom. The molecule has 0 spiro atoms. The molecule has 5 nitrogen and oxygen atoms in total. The average molecular weight is 264 g/mol. The highest BCUT2D eigenvalue weighted by molar-refractivity contribution is 5.97. The van der Waals surface area contributed by atoms with Gasteiger partial charge in [0.15, 0.2) is 0 Å². The van der Waals surface area contributed by atoms with Gasteiger partial charge in [-0.1, -0.05) is 0 Å². The molecule has 0 unspecified atom stereocenters. The zero-order valence-corrected chi connectivity index (χ0v) is 11.6. The van der Waals surface area contributed by atoms with E-state index < -0.39 is 5.41 Å². The molecule has 1 aliphatic heterocycles. The minimum Gasteiger partial charge on any atom is -0.496 e. The first kappa shape index (κ1) is 13.8. The number of hydrogen-bond donors (Lipinski definition) is 2. The minimum absolute atomic E-state index is 0.0751. The number of methoxy groups -OCH3 is 1. The normalized spacial score (nSPS) is 16.6. The van der Waals surface area contributed by atoms with E-state index in [0.717, 1.165) is 22.6 Å². The van der Waals surface area contributed by atoms with Gasteiger partial charge in [0.2, 0.25) is 5.91 Å². The number of hydrogen-bond acceptors (Lipinski definition) is 4. The van der Waals surface area contributed by atoms with E-state index in [1.54, 1.807) is 7.11 Å². The summed E-state index contributed by atoms with van der Waals surface area (Å²) in [7, 11) is 1.63. The molecule has 3 N–H and O–H groups in total. The topological polar surface area (TPSA) is 73.6 Å². The summed E-state index contributed by atoms with van der Waals surface area (Å²) in [6.07, 6.45) is 0. The smallest absolute Gasteiger partial charge is 0.236 e. The van der Waals surface area contributed by atoms with E-state index in [-0.39, 0.29) is 5.91 Å². The number of amides is 1. The maximum atomic E-state index is 12.3. The number of rotatable bonds is 4. The molecule has 1 aliphatic rings. The van der Waals surface area contributed by atoms with Gasteiger partial charge in [0.05, 0.1) is 20.3 Å². The van der Waals surface area contributed by atoms with Crippen LogP contribution in [0.3, 0.4) is 0 Å². The molecule has 0 bridgehead atoms. The van der Waals surface area contributed by atoms with E-state index in [1.165, 1.54) is 0 Å². The van der Waals surface area contributed by atoms with Crippen molar-refractivity contribution in [3.63, 3.8) is 0 Å². The molecule has 1 aromatic carbocycles. The van der Waals surface area contributed by atoms with Crippen LogP contribution in [-0.2, 0) is 9.53 Å². The molecule has 0 radical (unpaired) electrons. The van der Waals surface area contributed by atoms with E-state index in [9.17, 15) is 4.79 Å². The van der Waals surface area contributed by atoms with Crippen molar-refractivity contribution in [1.82, 2.24) is 0 Å². The fourth-order valence-corrected chi connectivity index (χ4v) is 2.10. The summed E-state index contributed by atoms with van der Waals surface area (Å²) in [6.45, 7) is 5.01. The molecule has 0 atom stereocenters. The average Bonchev–Trinajstić information content (AvgIpc) is 2.35. The molecule has 5 heteroatoms. The van der Waals surface area contributed by atoms with Gasteiger partial charge in [-0.15, -0.1) is 0 Å². The third-order valence-corrected chi connectivity index (χ3v) is 3.83. The Balaban J connectivity index is 2.20. The highest BCUT2D eigenvalue weighted by Crippen LogP contribution is 2.31. The van der Waals surface area contributed by atoms with Crippen molar-refractivity contribution in [2.24, 2.45) is 11.1 Å². The SMILES string of the molecule is COc1ccc(NC(=O)C2(CN)COC2)c(C)c1C. The number of anilines is 1. The molecule has 104 valence electrons. The number of benzene rings is 1. The molecule has 1 heterocycles. The van der Waals surface area contributed by atoms with E-state index in [1.807, 2.05) is 26.0 Å². The van der Waals surface area contributed by atoms with E-state index in [4.69, 9.17) is 15.2 Å². The van der Waals surface area contributed by atoms with Gasteiger partial charge in [0.25, 0.3) is 0 Å². The summed E-state index contributed by atoms with van der Waals surface area (Å²) >= 11 is 0. The van der Waals surface area contributed by atoms with Gasteiger partial charge in [-0.2, -0.15) is 0 Å². The van der Waals surface area contributed by atoms with Crippen LogP contribution in [0, 0.1) is 19.3 Å². The van der Waals surface area contributed by atoms with Crippen LogP contribution < -0.4 is 15.8 Å². The lowest BCUT2D eigenvalue weighted by atomic mass is 9.85. The fourth-order valence-electron chi connectivity index (χ4n) is 2.10. The minimum atomic E-state index is -0.569. The summed E-state index contributed by atoms with van der Waals surface area (Å²) in [5.74, 6) is 0.741. The lowest BCUT2D eigenvalue weighted by Gasteiger charge is -2.38. The lowest BCUT2D eigenvalue weighted by molar-refractivity contribution is -0.153. The van der Waals surface area contributed by atoms with Gasteiger partial charge in [0, 0.05) is 12.2 Å². The summed E-state index contributed by atoms with van der Waals surface area (Å²) in [5.41, 5.74) is 7.92. The van der Waals surface area contributed by atoms with Crippen LogP contribution in [0.1, 0.15) is 11.1 Å². The Hall–Kier alpha value is -1.59. The fraction of sp³-hybridized carbons (Fsp3) is 0.500. The molecular formula is C14H20N2O3. The third kappa shape index (κ3) is 2.31. The van der Waals surface area contributed by atoms with Crippen molar-refractivity contribution < 1.29 is 14.3 Å².